The lowest BCUT2D eigenvalue weighted by atomic mass is 9.88. The largest absolute Gasteiger partial charge is 0.394 e. The molecule has 0 radical (unpaired) electrons. The Hall–Kier alpha value is -0.520. The van der Waals surface area contributed by atoms with Crippen LogP contribution in [0.1, 0.15) is 12.8 Å². The van der Waals surface area contributed by atoms with E-state index in [0.717, 1.165) is 0 Å². The van der Waals surface area contributed by atoms with E-state index in [0.29, 0.717) is 12.8 Å². The van der Waals surface area contributed by atoms with E-state index in [1.165, 1.54) is 0 Å². The molecule has 2 rings (SSSR count). The Morgan fingerprint density at radius 1 is 0.967 bits per heavy atom. The van der Waals surface area contributed by atoms with Gasteiger partial charge in [-0.3, -0.25) is 0 Å². The number of hydrogen-bond donors (Lipinski definition) is 9. The maximum Gasteiger partial charge on any atom is 0.176 e. The molecule has 2 fully saturated rings. The summed E-state index contributed by atoms with van der Waals surface area (Å²) in [5.41, 5.74) is 11.8. The van der Waals surface area contributed by atoms with Crippen molar-refractivity contribution in [3.63, 3.8) is 0 Å². The quantitative estimate of drug-likeness (QED) is 0.114. The fraction of sp³-hybridized carbons (Fsp3) is 1.00. The molecule has 13 nitrogen and oxygen atoms in total. The van der Waals surface area contributed by atoms with Crippen molar-refractivity contribution in [2.45, 2.75) is 80.0 Å². The van der Waals surface area contributed by atoms with Crippen LogP contribution in [0.15, 0.2) is 0 Å². The fourth-order valence-electron chi connectivity index (χ4n) is 3.44. The molecule has 0 aromatic rings. The average Bonchev–Trinajstić information content (AvgIpc) is 2.74. The summed E-state index contributed by atoms with van der Waals surface area (Å²) < 4.78 is 21.7. The molecule has 1 aliphatic heterocycles. The van der Waals surface area contributed by atoms with Crippen molar-refractivity contribution < 1.29 is 54.7 Å². The van der Waals surface area contributed by atoms with Gasteiger partial charge in [-0.1, -0.05) is 0 Å². The van der Waals surface area contributed by atoms with Crippen LogP contribution in [0, 0.1) is 0 Å². The lowest BCUT2D eigenvalue weighted by molar-refractivity contribution is -0.303. The Labute approximate surface area is 173 Å². The molecule has 1 aliphatic carbocycles. The molecule has 0 spiro atoms. The van der Waals surface area contributed by atoms with Gasteiger partial charge in [-0.2, -0.15) is 0 Å². The molecule has 13 heteroatoms. The predicted molar refractivity (Wildman–Crippen MR) is 98.6 cm³/mol. The number of rotatable bonds is 10. The molecule has 30 heavy (non-hydrogen) atoms. The topological polar surface area (TPSA) is 231 Å². The minimum Gasteiger partial charge on any atom is -0.394 e. The van der Waals surface area contributed by atoms with Crippen LogP contribution in [0.4, 0.5) is 0 Å². The summed E-state index contributed by atoms with van der Waals surface area (Å²) in [7, 11) is 0. The molecule has 1 heterocycles. The Morgan fingerprint density at radius 3 is 2.30 bits per heavy atom. The molecule has 0 aromatic carbocycles. The molecule has 0 aromatic heterocycles. The highest BCUT2D eigenvalue weighted by Gasteiger charge is 2.47. The van der Waals surface area contributed by atoms with Crippen molar-refractivity contribution in [3.05, 3.63) is 0 Å². The number of nitrogens with two attached hydrogens (primary N) is 2. The van der Waals surface area contributed by atoms with Gasteiger partial charge in [-0.15, -0.1) is 0 Å². The van der Waals surface area contributed by atoms with Crippen LogP contribution in [0.3, 0.4) is 0 Å². The minimum atomic E-state index is -1.37. The Bertz CT molecular complexity index is 504. The Morgan fingerprint density at radius 2 is 1.67 bits per heavy atom. The van der Waals surface area contributed by atoms with Crippen molar-refractivity contribution in [2.75, 3.05) is 26.6 Å². The first-order valence-electron chi connectivity index (χ1n) is 9.84. The molecule has 0 amide bonds. The van der Waals surface area contributed by atoms with Crippen LogP contribution in [0.25, 0.3) is 0 Å². The van der Waals surface area contributed by atoms with E-state index in [-0.39, 0.29) is 6.61 Å². The van der Waals surface area contributed by atoms with Gasteiger partial charge in [0.25, 0.3) is 0 Å². The Balaban J connectivity index is 1.93. The highest BCUT2D eigenvalue weighted by atomic mass is 16.7. The highest BCUT2D eigenvalue weighted by Crippen LogP contribution is 2.28. The molecule has 2 aliphatic rings. The number of ether oxygens (including phenoxy) is 4. The number of aliphatic hydroxyl groups is 7. The summed E-state index contributed by atoms with van der Waals surface area (Å²) in [6.45, 7) is -1.96. The molecular formula is C17H34N2O11. The third-order valence-corrected chi connectivity index (χ3v) is 5.43. The van der Waals surface area contributed by atoms with Crippen LogP contribution in [-0.2, 0) is 18.9 Å². The summed E-state index contributed by atoms with van der Waals surface area (Å²) in [6.07, 6.45) is -9.88. The van der Waals surface area contributed by atoms with Gasteiger partial charge in [0.05, 0.1) is 38.1 Å². The summed E-state index contributed by atoms with van der Waals surface area (Å²) in [4.78, 5) is 0. The molecule has 11 atom stereocenters. The zero-order chi connectivity index (χ0) is 22.4. The first-order valence-corrected chi connectivity index (χ1v) is 9.84. The van der Waals surface area contributed by atoms with E-state index < -0.39 is 87.2 Å². The fourth-order valence-corrected chi connectivity index (χ4v) is 3.44. The van der Waals surface area contributed by atoms with Gasteiger partial charge in [0.15, 0.2) is 6.29 Å². The lowest BCUT2D eigenvalue weighted by Crippen LogP contribution is -2.65. The normalized spacial score (nSPS) is 42.1. The van der Waals surface area contributed by atoms with Crippen LogP contribution < -0.4 is 11.5 Å². The van der Waals surface area contributed by atoms with E-state index in [1.807, 2.05) is 0 Å². The van der Waals surface area contributed by atoms with Gasteiger partial charge in [-0.25, -0.2) is 0 Å². The second-order valence-electron chi connectivity index (χ2n) is 7.63. The molecule has 1 saturated heterocycles. The second kappa shape index (κ2) is 11.9. The van der Waals surface area contributed by atoms with E-state index in [9.17, 15) is 30.6 Å². The summed E-state index contributed by atoms with van der Waals surface area (Å²) in [5, 5.41) is 67.6. The second-order valence-corrected chi connectivity index (χ2v) is 7.63. The zero-order valence-electron chi connectivity index (χ0n) is 16.5. The summed E-state index contributed by atoms with van der Waals surface area (Å²) >= 11 is 0. The van der Waals surface area contributed by atoms with Crippen molar-refractivity contribution in [1.82, 2.24) is 0 Å². The van der Waals surface area contributed by atoms with Crippen molar-refractivity contribution in [3.8, 4) is 0 Å². The molecule has 11 N–H and O–H groups in total. The standard InChI is InChI=1S/C17H34N2O11/c18-7-1-2-10(14(25)13(7)24)29-17-12(19)16(15(26)11(4-21)30-17)28-6-27-5-9(23)8(22)3-20/h7-17,20-26H,1-6,18-19H2/t7-,8?,9-,10-,11?,12?,13?,14+,15-,16?,17+/m1/s1. The van der Waals surface area contributed by atoms with Gasteiger partial charge in [-0.05, 0) is 12.8 Å². The SMILES string of the molecule is NC1C(OCOC[C@@H](O)C(O)CO)[C@H](O)C(CO)O[C@@H]1O[C@@H]1CC[C@@H](N)C(O)[C@H]1O. The van der Waals surface area contributed by atoms with E-state index >= 15 is 0 Å². The van der Waals surface area contributed by atoms with E-state index in [2.05, 4.69) is 0 Å². The first kappa shape index (κ1) is 25.7. The van der Waals surface area contributed by atoms with Gasteiger partial charge >= 0.3 is 0 Å². The van der Waals surface area contributed by atoms with Crippen LogP contribution in [-0.4, -0.2) is 130 Å². The van der Waals surface area contributed by atoms with Gasteiger partial charge in [0.1, 0.15) is 43.4 Å². The molecule has 1 saturated carbocycles. The highest BCUT2D eigenvalue weighted by molar-refractivity contribution is 4.95. The van der Waals surface area contributed by atoms with Crippen LogP contribution >= 0.6 is 0 Å². The first-order chi connectivity index (χ1) is 14.2. The van der Waals surface area contributed by atoms with Crippen molar-refractivity contribution in [2.24, 2.45) is 11.5 Å². The maximum absolute atomic E-state index is 10.4. The minimum absolute atomic E-state index is 0.341. The van der Waals surface area contributed by atoms with Crippen molar-refractivity contribution in [1.29, 1.82) is 0 Å². The van der Waals surface area contributed by atoms with Crippen molar-refractivity contribution >= 4 is 0 Å². The lowest BCUT2D eigenvalue weighted by Gasteiger charge is -2.45. The Kier molecular flexibility index (Phi) is 10.2. The molecule has 0 bridgehead atoms. The zero-order valence-corrected chi connectivity index (χ0v) is 16.5. The summed E-state index contributed by atoms with van der Waals surface area (Å²) in [6, 6.07) is -1.62. The third kappa shape index (κ3) is 6.26. The van der Waals surface area contributed by atoms with Crippen LogP contribution in [0.5, 0.6) is 0 Å². The van der Waals surface area contributed by atoms with Gasteiger partial charge in [0.2, 0.25) is 0 Å². The monoisotopic (exact) mass is 442 g/mol. The predicted octanol–water partition coefficient (Wildman–Crippen LogP) is -5.31. The van der Waals surface area contributed by atoms with E-state index in [4.69, 9.17) is 35.5 Å². The number of hydrogen-bond acceptors (Lipinski definition) is 13. The average molecular weight is 442 g/mol. The van der Waals surface area contributed by atoms with Crippen LogP contribution in [0.2, 0.25) is 0 Å². The number of aliphatic hydroxyl groups excluding tert-OH is 7. The van der Waals surface area contributed by atoms with Gasteiger partial charge < -0.3 is 66.2 Å². The summed E-state index contributed by atoms with van der Waals surface area (Å²) in [5.74, 6) is 0. The third-order valence-electron chi connectivity index (χ3n) is 5.43. The molecule has 5 unspecified atom stereocenters. The molecular weight excluding hydrogens is 408 g/mol. The van der Waals surface area contributed by atoms with Gasteiger partial charge in [0, 0.05) is 6.04 Å². The maximum atomic E-state index is 10.4. The smallest absolute Gasteiger partial charge is 0.176 e. The van der Waals surface area contributed by atoms with E-state index in [1.54, 1.807) is 0 Å². The molecule has 178 valence electrons.